The molecule has 168 valence electrons. The number of hydrogen-bond acceptors (Lipinski definition) is 4. The van der Waals surface area contributed by atoms with Gasteiger partial charge in [0.1, 0.15) is 17.3 Å². The predicted octanol–water partition coefficient (Wildman–Crippen LogP) is 5.14. The first-order valence-corrected chi connectivity index (χ1v) is 9.87. The topological polar surface area (TPSA) is 67.5 Å². The summed E-state index contributed by atoms with van der Waals surface area (Å²) in [5.74, 6) is -0.356. The Morgan fingerprint density at radius 2 is 1.91 bits per heavy atom. The number of aromatic amines is 1. The van der Waals surface area contributed by atoms with Crippen molar-refractivity contribution in [2.45, 2.75) is 32.1 Å². The highest BCUT2D eigenvalue weighted by molar-refractivity contribution is 5.92. The number of carbonyl (C=O) groups is 1. The van der Waals surface area contributed by atoms with E-state index in [0.717, 1.165) is 29.9 Å². The lowest BCUT2D eigenvalue weighted by Gasteiger charge is -2.21. The maximum atomic E-state index is 12.8. The van der Waals surface area contributed by atoms with Crippen LogP contribution >= 0.6 is 0 Å². The highest BCUT2D eigenvalue weighted by Gasteiger charge is 2.31. The van der Waals surface area contributed by atoms with Crippen LogP contribution in [-0.4, -0.2) is 40.5 Å². The van der Waals surface area contributed by atoms with Gasteiger partial charge in [-0.2, -0.15) is 17.6 Å². The van der Waals surface area contributed by atoms with Gasteiger partial charge in [0.25, 0.3) is 0 Å². The minimum Gasteiger partial charge on any atom is -0.435 e. The van der Waals surface area contributed by atoms with Gasteiger partial charge in [0.15, 0.2) is 0 Å². The van der Waals surface area contributed by atoms with E-state index in [0.29, 0.717) is 12.4 Å². The maximum Gasteiger partial charge on any atom is 0.387 e. The van der Waals surface area contributed by atoms with Gasteiger partial charge in [0, 0.05) is 24.3 Å². The molecule has 1 fully saturated rings. The fraction of sp³-hybridized carbons (Fsp3) is 0.273. The van der Waals surface area contributed by atoms with E-state index in [9.17, 15) is 22.4 Å². The van der Waals surface area contributed by atoms with E-state index in [1.54, 1.807) is 4.90 Å². The summed E-state index contributed by atoms with van der Waals surface area (Å²) in [6.45, 7) is -5.76. The Kier molecular flexibility index (Phi) is 6.29. The molecular weight excluding hydrogens is 430 g/mol. The number of benzene rings is 2. The highest BCUT2D eigenvalue weighted by atomic mass is 19.3. The van der Waals surface area contributed by atoms with Crippen molar-refractivity contribution < 1.29 is 31.8 Å². The summed E-state index contributed by atoms with van der Waals surface area (Å²) in [5.41, 5.74) is 1.80. The molecule has 1 amide bonds. The van der Waals surface area contributed by atoms with Crippen LogP contribution in [0.4, 0.5) is 17.6 Å². The molecule has 3 aromatic rings. The van der Waals surface area contributed by atoms with Gasteiger partial charge in [-0.25, -0.2) is 4.98 Å². The Hall–Kier alpha value is -3.56. The molecule has 1 atom stereocenters. The molecule has 32 heavy (non-hydrogen) atoms. The third-order valence-electron chi connectivity index (χ3n) is 5.09. The number of carbonyl (C=O) groups excluding carboxylic acids is 1. The SMILES string of the molecule is O=C(/C=C/c1ccc(OC(F)F)cc1OC(F)F)N1CCCC1c1nc2ccccc2[nH]1. The van der Waals surface area contributed by atoms with E-state index >= 15 is 0 Å². The second-order valence-corrected chi connectivity index (χ2v) is 7.12. The Morgan fingerprint density at radius 1 is 1.12 bits per heavy atom. The smallest absolute Gasteiger partial charge is 0.387 e. The number of halogens is 4. The van der Waals surface area contributed by atoms with Crippen molar-refractivity contribution in [3.05, 3.63) is 59.9 Å². The summed E-state index contributed by atoms with van der Waals surface area (Å²) in [5, 5.41) is 0. The van der Waals surface area contributed by atoms with E-state index in [1.165, 1.54) is 24.3 Å². The van der Waals surface area contributed by atoms with Crippen molar-refractivity contribution in [3.63, 3.8) is 0 Å². The molecule has 2 heterocycles. The lowest BCUT2D eigenvalue weighted by molar-refractivity contribution is -0.127. The Balaban J connectivity index is 1.54. The normalized spacial score (nSPS) is 16.6. The largest absolute Gasteiger partial charge is 0.435 e. The minimum absolute atomic E-state index is 0.125. The van der Waals surface area contributed by atoms with E-state index in [1.807, 2.05) is 24.3 Å². The number of alkyl halides is 4. The summed E-state index contributed by atoms with van der Waals surface area (Å²) >= 11 is 0. The van der Waals surface area contributed by atoms with E-state index < -0.39 is 13.2 Å². The number of ether oxygens (including phenoxy) is 2. The molecule has 6 nitrogen and oxygen atoms in total. The van der Waals surface area contributed by atoms with E-state index in [-0.39, 0.29) is 29.0 Å². The zero-order valence-corrected chi connectivity index (χ0v) is 16.7. The first-order valence-electron chi connectivity index (χ1n) is 9.87. The summed E-state index contributed by atoms with van der Waals surface area (Å²) in [7, 11) is 0. The predicted molar refractivity (Wildman–Crippen MR) is 109 cm³/mol. The minimum atomic E-state index is -3.17. The molecule has 0 saturated carbocycles. The van der Waals surface area contributed by atoms with Crippen LogP contribution in [0.2, 0.25) is 0 Å². The van der Waals surface area contributed by atoms with Crippen LogP contribution in [0.25, 0.3) is 17.1 Å². The average Bonchev–Trinajstić information content (AvgIpc) is 3.39. The molecule has 1 aliphatic heterocycles. The van der Waals surface area contributed by atoms with Gasteiger partial charge in [0.05, 0.1) is 17.1 Å². The van der Waals surface area contributed by atoms with Crippen LogP contribution in [0.3, 0.4) is 0 Å². The molecule has 10 heteroatoms. The van der Waals surface area contributed by atoms with Gasteiger partial charge in [-0.3, -0.25) is 4.79 Å². The summed E-state index contributed by atoms with van der Waals surface area (Å²) < 4.78 is 58.9. The van der Waals surface area contributed by atoms with E-state index in [4.69, 9.17) is 0 Å². The highest BCUT2D eigenvalue weighted by Crippen LogP contribution is 2.32. The molecule has 4 rings (SSSR count). The van der Waals surface area contributed by atoms with Crippen molar-refractivity contribution in [3.8, 4) is 11.5 Å². The van der Waals surface area contributed by atoms with E-state index in [2.05, 4.69) is 19.4 Å². The molecule has 1 unspecified atom stereocenters. The van der Waals surface area contributed by atoms with Gasteiger partial charge >= 0.3 is 13.2 Å². The van der Waals surface area contributed by atoms with Crippen LogP contribution in [0.15, 0.2) is 48.5 Å². The number of likely N-dealkylation sites (tertiary alicyclic amines) is 1. The third kappa shape index (κ3) is 4.84. The number of amides is 1. The lowest BCUT2D eigenvalue weighted by Crippen LogP contribution is -2.29. The second-order valence-electron chi connectivity index (χ2n) is 7.12. The molecule has 0 radical (unpaired) electrons. The fourth-order valence-corrected chi connectivity index (χ4v) is 3.73. The summed E-state index contributed by atoms with van der Waals surface area (Å²) in [6, 6.07) is 10.7. The van der Waals surface area contributed by atoms with Crippen molar-refractivity contribution in [1.82, 2.24) is 14.9 Å². The number of fused-ring (bicyclic) bond motifs is 1. The lowest BCUT2D eigenvalue weighted by atomic mass is 10.1. The molecule has 0 bridgehead atoms. The van der Waals surface area contributed by atoms with Crippen LogP contribution in [0.5, 0.6) is 11.5 Å². The first-order chi connectivity index (χ1) is 15.4. The fourth-order valence-electron chi connectivity index (χ4n) is 3.73. The maximum absolute atomic E-state index is 12.8. The van der Waals surface area contributed by atoms with Crippen LogP contribution in [0, 0.1) is 0 Å². The molecule has 0 spiro atoms. The number of nitrogens with zero attached hydrogens (tertiary/aromatic N) is 2. The van der Waals surface area contributed by atoms with Gasteiger partial charge in [-0.05, 0) is 43.2 Å². The summed E-state index contributed by atoms with van der Waals surface area (Å²) in [6.07, 6.45) is 4.07. The van der Waals surface area contributed by atoms with Gasteiger partial charge < -0.3 is 19.4 Å². The number of rotatable bonds is 7. The average molecular weight is 449 g/mol. The van der Waals surface area contributed by atoms with Crippen molar-refractivity contribution in [2.75, 3.05) is 6.54 Å². The monoisotopic (exact) mass is 449 g/mol. The van der Waals surface area contributed by atoms with Gasteiger partial charge in [0.2, 0.25) is 5.91 Å². The molecule has 0 aliphatic carbocycles. The van der Waals surface area contributed by atoms with Crippen LogP contribution in [0.1, 0.15) is 30.3 Å². The molecule has 2 aromatic carbocycles. The Morgan fingerprint density at radius 3 is 2.66 bits per heavy atom. The molecule has 1 saturated heterocycles. The van der Waals surface area contributed by atoms with Gasteiger partial charge in [-0.1, -0.05) is 12.1 Å². The first kappa shape index (κ1) is 21.7. The quantitative estimate of drug-likeness (QED) is 0.401. The van der Waals surface area contributed by atoms with Gasteiger partial charge in [-0.15, -0.1) is 0 Å². The number of para-hydroxylation sites is 2. The number of H-pyrrole nitrogens is 1. The standard InChI is InChI=1S/C22H19F4N3O3/c23-21(24)31-14-9-7-13(18(12-14)32-22(25)26)8-10-19(30)29-11-3-6-17(29)20-27-15-4-1-2-5-16(15)28-20/h1-2,4-5,7-10,12,17,21-22H,3,6,11H2,(H,27,28)/b10-8+. The summed E-state index contributed by atoms with van der Waals surface area (Å²) in [4.78, 5) is 22.3. The van der Waals surface area contributed by atoms with Crippen molar-refractivity contribution >= 4 is 23.0 Å². The van der Waals surface area contributed by atoms with Crippen LogP contribution < -0.4 is 9.47 Å². The molecule has 1 N–H and O–H groups in total. The number of nitrogens with one attached hydrogen (secondary N) is 1. The number of hydrogen-bond donors (Lipinski definition) is 1. The second kappa shape index (κ2) is 9.29. The van der Waals surface area contributed by atoms with Crippen LogP contribution in [-0.2, 0) is 4.79 Å². The molecular formula is C22H19F4N3O3. The zero-order valence-electron chi connectivity index (χ0n) is 16.7. The number of aromatic nitrogens is 2. The zero-order chi connectivity index (χ0) is 22.7. The Labute approximate surface area is 180 Å². The molecule has 1 aromatic heterocycles. The third-order valence-corrected chi connectivity index (χ3v) is 5.09. The van der Waals surface area contributed by atoms with Crippen molar-refractivity contribution in [2.24, 2.45) is 0 Å². The van der Waals surface area contributed by atoms with Crippen molar-refractivity contribution in [1.29, 1.82) is 0 Å². The molecule has 1 aliphatic rings. The number of imidazole rings is 1. The Bertz CT molecular complexity index is 1100.